The van der Waals surface area contributed by atoms with Crippen molar-refractivity contribution in [2.75, 3.05) is 6.54 Å². The average Bonchev–Trinajstić information content (AvgIpc) is 2.85. The summed E-state index contributed by atoms with van der Waals surface area (Å²) in [5.74, 6) is 2.37. The topological polar surface area (TPSA) is 42.7 Å². The van der Waals surface area contributed by atoms with Gasteiger partial charge in [0.2, 0.25) is 0 Å². The minimum Gasteiger partial charge on any atom is -0.314 e. The van der Waals surface area contributed by atoms with E-state index in [0.717, 1.165) is 19.5 Å². The zero-order chi connectivity index (χ0) is 9.38. The van der Waals surface area contributed by atoms with E-state index in [4.69, 9.17) is 0 Å². The second-order valence-corrected chi connectivity index (χ2v) is 4.23. The average molecular weight is 192 g/mol. The number of fused-ring (bicyclic) bond motifs is 1. The number of nitrogens with zero attached hydrogens (tertiary/aromatic N) is 3. The largest absolute Gasteiger partial charge is 0.314 e. The number of aryl methyl sites for hydroxylation is 1. The van der Waals surface area contributed by atoms with Gasteiger partial charge in [0.15, 0.2) is 0 Å². The summed E-state index contributed by atoms with van der Waals surface area (Å²) >= 11 is 0. The van der Waals surface area contributed by atoms with E-state index in [1.807, 2.05) is 0 Å². The van der Waals surface area contributed by atoms with Crippen LogP contribution in [0, 0.1) is 0 Å². The van der Waals surface area contributed by atoms with Gasteiger partial charge in [0, 0.05) is 13.0 Å². The van der Waals surface area contributed by atoms with Gasteiger partial charge >= 0.3 is 0 Å². The van der Waals surface area contributed by atoms with Crippen LogP contribution in [0.4, 0.5) is 0 Å². The van der Waals surface area contributed by atoms with Gasteiger partial charge in [-0.15, -0.1) is 10.2 Å². The van der Waals surface area contributed by atoms with Crippen LogP contribution >= 0.6 is 0 Å². The molecule has 1 N–H and O–H groups in total. The second kappa shape index (κ2) is 3.35. The molecule has 0 saturated carbocycles. The molecule has 1 atom stereocenters. The Morgan fingerprint density at radius 2 is 2.21 bits per heavy atom. The Morgan fingerprint density at radius 3 is 3.07 bits per heavy atom. The van der Waals surface area contributed by atoms with Gasteiger partial charge in [-0.25, -0.2) is 0 Å². The van der Waals surface area contributed by atoms with Crippen molar-refractivity contribution < 1.29 is 0 Å². The molecule has 1 saturated heterocycles. The van der Waals surface area contributed by atoms with Crippen molar-refractivity contribution in [3.05, 3.63) is 11.6 Å². The molecule has 0 radical (unpaired) electrons. The van der Waals surface area contributed by atoms with Crippen LogP contribution in [0.3, 0.4) is 0 Å². The van der Waals surface area contributed by atoms with Crippen molar-refractivity contribution >= 4 is 0 Å². The van der Waals surface area contributed by atoms with Crippen LogP contribution in [-0.2, 0) is 13.0 Å². The summed E-state index contributed by atoms with van der Waals surface area (Å²) in [4.78, 5) is 0. The first kappa shape index (κ1) is 8.41. The lowest BCUT2D eigenvalue weighted by Crippen LogP contribution is -2.20. The highest BCUT2D eigenvalue weighted by Crippen LogP contribution is 2.24. The summed E-state index contributed by atoms with van der Waals surface area (Å²) in [6, 6.07) is 0.467. The van der Waals surface area contributed by atoms with Crippen molar-refractivity contribution in [2.24, 2.45) is 0 Å². The van der Waals surface area contributed by atoms with Gasteiger partial charge in [0.05, 0.1) is 6.04 Å². The third kappa shape index (κ3) is 1.25. The summed E-state index contributed by atoms with van der Waals surface area (Å²) in [5, 5.41) is 12.1. The number of aromatic nitrogens is 3. The zero-order valence-corrected chi connectivity index (χ0v) is 8.37. The van der Waals surface area contributed by atoms with Gasteiger partial charge in [0.25, 0.3) is 0 Å². The Morgan fingerprint density at radius 1 is 1.21 bits per heavy atom. The SMILES string of the molecule is C1CCn2c(nnc2C2CCCN2)C1. The molecule has 0 aromatic carbocycles. The van der Waals surface area contributed by atoms with Crippen LogP contribution in [0.5, 0.6) is 0 Å². The van der Waals surface area contributed by atoms with Crippen molar-refractivity contribution in [3.8, 4) is 0 Å². The van der Waals surface area contributed by atoms with Gasteiger partial charge in [-0.3, -0.25) is 0 Å². The predicted octanol–water partition coefficient (Wildman–Crippen LogP) is 1.04. The molecule has 14 heavy (non-hydrogen) atoms. The molecule has 2 aliphatic heterocycles. The van der Waals surface area contributed by atoms with Crippen molar-refractivity contribution in [1.29, 1.82) is 0 Å². The van der Waals surface area contributed by atoms with E-state index in [2.05, 4.69) is 20.1 Å². The van der Waals surface area contributed by atoms with Crippen LogP contribution in [0.25, 0.3) is 0 Å². The van der Waals surface area contributed by atoms with E-state index < -0.39 is 0 Å². The fraction of sp³-hybridized carbons (Fsp3) is 0.800. The van der Waals surface area contributed by atoms with E-state index in [9.17, 15) is 0 Å². The smallest absolute Gasteiger partial charge is 0.150 e. The number of hydrogen-bond acceptors (Lipinski definition) is 3. The van der Waals surface area contributed by atoms with Crippen molar-refractivity contribution in [1.82, 2.24) is 20.1 Å². The summed E-state index contributed by atoms with van der Waals surface area (Å²) in [7, 11) is 0. The molecule has 4 heteroatoms. The van der Waals surface area contributed by atoms with Crippen LogP contribution in [-0.4, -0.2) is 21.3 Å². The molecule has 1 aromatic rings. The first-order chi connectivity index (χ1) is 6.95. The molecule has 1 fully saturated rings. The minimum atomic E-state index is 0.467. The third-order valence-electron chi connectivity index (χ3n) is 3.26. The van der Waals surface area contributed by atoms with E-state index in [0.29, 0.717) is 6.04 Å². The number of nitrogens with one attached hydrogen (secondary N) is 1. The van der Waals surface area contributed by atoms with E-state index in [1.54, 1.807) is 0 Å². The fourth-order valence-electron chi connectivity index (χ4n) is 2.49. The maximum atomic E-state index is 4.33. The zero-order valence-electron chi connectivity index (χ0n) is 8.37. The minimum absolute atomic E-state index is 0.467. The van der Waals surface area contributed by atoms with Crippen molar-refractivity contribution in [2.45, 2.75) is 44.7 Å². The molecule has 0 amide bonds. The monoisotopic (exact) mass is 192 g/mol. The first-order valence-electron chi connectivity index (χ1n) is 5.60. The Bertz CT molecular complexity index is 325. The quantitative estimate of drug-likeness (QED) is 0.723. The van der Waals surface area contributed by atoms with E-state index in [-0.39, 0.29) is 0 Å². The molecule has 4 nitrogen and oxygen atoms in total. The van der Waals surface area contributed by atoms with Gasteiger partial charge in [-0.05, 0) is 32.2 Å². The molecule has 2 aliphatic rings. The second-order valence-electron chi connectivity index (χ2n) is 4.23. The molecule has 1 unspecified atom stereocenters. The molecular formula is C10H16N4. The lowest BCUT2D eigenvalue weighted by molar-refractivity contribution is 0.478. The number of rotatable bonds is 1. The van der Waals surface area contributed by atoms with Gasteiger partial charge in [-0.2, -0.15) is 0 Å². The Kier molecular flexibility index (Phi) is 2.01. The highest BCUT2D eigenvalue weighted by atomic mass is 15.3. The summed E-state index contributed by atoms with van der Waals surface area (Å²) < 4.78 is 2.33. The highest BCUT2D eigenvalue weighted by molar-refractivity contribution is 5.04. The fourth-order valence-corrected chi connectivity index (χ4v) is 2.49. The Labute approximate surface area is 83.7 Å². The van der Waals surface area contributed by atoms with Gasteiger partial charge in [-0.1, -0.05) is 0 Å². The first-order valence-corrected chi connectivity index (χ1v) is 5.60. The molecular weight excluding hydrogens is 176 g/mol. The summed E-state index contributed by atoms with van der Waals surface area (Å²) in [6.07, 6.45) is 6.16. The van der Waals surface area contributed by atoms with Crippen LogP contribution in [0.15, 0.2) is 0 Å². The Hall–Kier alpha value is -0.900. The molecule has 3 heterocycles. The Balaban J connectivity index is 1.93. The standard InChI is InChI=1S/C10H16N4/c1-2-7-14-9(5-1)12-13-10(14)8-4-3-6-11-8/h8,11H,1-7H2. The van der Waals surface area contributed by atoms with Crippen LogP contribution < -0.4 is 5.32 Å². The molecule has 3 rings (SSSR count). The van der Waals surface area contributed by atoms with Crippen molar-refractivity contribution in [3.63, 3.8) is 0 Å². The number of hydrogen-bond donors (Lipinski definition) is 1. The molecule has 76 valence electrons. The van der Waals surface area contributed by atoms with E-state index >= 15 is 0 Å². The summed E-state index contributed by atoms with van der Waals surface area (Å²) in [5.41, 5.74) is 0. The maximum absolute atomic E-state index is 4.33. The molecule has 0 bridgehead atoms. The molecule has 0 spiro atoms. The third-order valence-corrected chi connectivity index (χ3v) is 3.26. The molecule has 0 aliphatic carbocycles. The van der Waals surface area contributed by atoms with Gasteiger partial charge in [0.1, 0.15) is 11.6 Å². The van der Waals surface area contributed by atoms with Crippen LogP contribution in [0.1, 0.15) is 43.4 Å². The van der Waals surface area contributed by atoms with Crippen LogP contribution in [0.2, 0.25) is 0 Å². The lowest BCUT2D eigenvalue weighted by atomic mass is 10.1. The molecule has 1 aromatic heterocycles. The normalized spacial score (nSPS) is 26.4. The predicted molar refractivity (Wildman–Crippen MR) is 52.9 cm³/mol. The van der Waals surface area contributed by atoms with E-state index in [1.165, 1.54) is 37.3 Å². The maximum Gasteiger partial charge on any atom is 0.150 e. The highest BCUT2D eigenvalue weighted by Gasteiger charge is 2.24. The summed E-state index contributed by atoms with van der Waals surface area (Å²) in [6.45, 7) is 2.25. The van der Waals surface area contributed by atoms with Gasteiger partial charge < -0.3 is 9.88 Å². The lowest BCUT2D eigenvalue weighted by Gasteiger charge is -2.17.